The van der Waals surface area contributed by atoms with Crippen LogP contribution in [-0.2, 0) is 0 Å². The third-order valence-corrected chi connectivity index (χ3v) is 7.21. The van der Waals surface area contributed by atoms with Crippen LogP contribution >= 0.6 is 23.4 Å². The van der Waals surface area contributed by atoms with E-state index in [2.05, 4.69) is 24.8 Å². The first-order chi connectivity index (χ1) is 16.1. The van der Waals surface area contributed by atoms with E-state index in [-0.39, 0.29) is 11.6 Å². The number of aromatic nitrogens is 6. The van der Waals surface area contributed by atoms with Crippen LogP contribution in [0.4, 0.5) is 5.82 Å². The molecule has 6 rings (SSSR count). The Morgan fingerprint density at radius 3 is 2.88 bits per heavy atom. The van der Waals surface area contributed by atoms with Gasteiger partial charge in [0, 0.05) is 5.75 Å². The number of H-pyrrole nitrogens is 1. The molecule has 1 N–H and O–H groups in total. The van der Waals surface area contributed by atoms with Gasteiger partial charge in [0.25, 0.3) is 5.56 Å². The highest BCUT2D eigenvalue weighted by Gasteiger charge is 2.34. The quantitative estimate of drug-likeness (QED) is 0.416. The van der Waals surface area contributed by atoms with Crippen LogP contribution in [0.15, 0.2) is 59.9 Å². The van der Waals surface area contributed by atoms with E-state index in [9.17, 15) is 4.79 Å². The van der Waals surface area contributed by atoms with Crippen molar-refractivity contribution in [3.8, 4) is 5.69 Å². The van der Waals surface area contributed by atoms with E-state index in [0.717, 1.165) is 28.3 Å². The Labute approximate surface area is 197 Å². The predicted octanol–water partition coefficient (Wildman–Crippen LogP) is 4.27. The van der Waals surface area contributed by atoms with Gasteiger partial charge < -0.3 is 9.88 Å². The smallest absolute Gasteiger partial charge is 0.267 e. The molecule has 8 nitrogen and oxygen atoms in total. The lowest BCUT2D eigenvalue weighted by Crippen LogP contribution is -2.33. The van der Waals surface area contributed by atoms with Gasteiger partial charge in [-0.05, 0) is 30.7 Å². The van der Waals surface area contributed by atoms with Gasteiger partial charge >= 0.3 is 0 Å². The van der Waals surface area contributed by atoms with E-state index >= 15 is 0 Å². The van der Waals surface area contributed by atoms with E-state index in [0.29, 0.717) is 33.3 Å². The van der Waals surface area contributed by atoms with Gasteiger partial charge in [0.15, 0.2) is 11.5 Å². The summed E-state index contributed by atoms with van der Waals surface area (Å²) in [6.45, 7) is 1.99. The summed E-state index contributed by atoms with van der Waals surface area (Å²) in [5.74, 6) is 2.85. The van der Waals surface area contributed by atoms with Crippen molar-refractivity contribution >= 4 is 51.2 Å². The summed E-state index contributed by atoms with van der Waals surface area (Å²) in [4.78, 5) is 37.2. The summed E-state index contributed by atoms with van der Waals surface area (Å²) in [5, 5.41) is 0.813. The number of aryl methyl sites for hydroxylation is 1. The number of fused-ring (bicyclic) bond motifs is 2. The molecule has 1 aliphatic rings. The second-order valence-corrected chi connectivity index (χ2v) is 9.22. The third-order valence-electron chi connectivity index (χ3n) is 5.88. The SMILES string of the molecule is Cc1ccccc1-n1c([C@@H]2CSCN2c2ncnc3nc[nH]c23)nc2cccc(Cl)c2c1=O. The van der Waals surface area contributed by atoms with Gasteiger partial charge in [-0.25, -0.2) is 19.9 Å². The Kier molecular flexibility index (Phi) is 4.81. The van der Waals surface area contributed by atoms with Crippen molar-refractivity contribution < 1.29 is 0 Å². The number of rotatable bonds is 3. The maximum Gasteiger partial charge on any atom is 0.267 e. The molecular formula is C23H18ClN7OS. The van der Waals surface area contributed by atoms with Crippen LogP contribution < -0.4 is 10.5 Å². The molecule has 1 aliphatic heterocycles. The van der Waals surface area contributed by atoms with Gasteiger partial charge in [-0.3, -0.25) is 9.36 Å². The van der Waals surface area contributed by atoms with Crippen molar-refractivity contribution in [2.45, 2.75) is 13.0 Å². The molecular weight excluding hydrogens is 458 g/mol. The lowest BCUT2D eigenvalue weighted by atomic mass is 10.1. The molecule has 0 radical (unpaired) electrons. The number of thioether (sulfide) groups is 1. The number of nitrogens with zero attached hydrogens (tertiary/aromatic N) is 6. The number of halogens is 1. The first kappa shape index (κ1) is 20.2. The average Bonchev–Trinajstić information content (AvgIpc) is 3.49. The number of benzene rings is 2. The lowest BCUT2D eigenvalue weighted by Gasteiger charge is -2.27. The van der Waals surface area contributed by atoms with E-state index < -0.39 is 0 Å². The number of para-hydroxylation sites is 1. The summed E-state index contributed by atoms with van der Waals surface area (Å²) in [7, 11) is 0. The first-order valence-corrected chi connectivity index (χ1v) is 11.9. The zero-order chi connectivity index (χ0) is 22.5. The highest BCUT2D eigenvalue weighted by atomic mass is 35.5. The van der Waals surface area contributed by atoms with Gasteiger partial charge in [0.1, 0.15) is 17.7 Å². The molecule has 3 aromatic heterocycles. The highest BCUT2D eigenvalue weighted by molar-refractivity contribution is 7.99. The van der Waals surface area contributed by atoms with E-state index in [1.54, 1.807) is 28.7 Å². The fourth-order valence-corrected chi connectivity index (χ4v) is 5.72. The first-order valence-electron chi connectivity index (χ1n) is 10.4. The number of imidazole rings is 1. The minimum atomic E-state index is -0.188. The Hall–Kier alpha value is -3.43. The van der Waals surface area contributed by atoms with Crippen LogP contribution in [0.3, 0.4) is 0 Å². The molecule has 33 heavy (non-hydrogen) atoms. The molecule has 0 unspecified atom stereocenters. The van der Waals surface area contributed by atoms with Gasteiger partial charge in [-0.15, -0.1) is 11.8 Å². The Morgan fingerprint density at radius 2 is 2.00 bits per heavy atom. The average molecular weight is 476 g/mol. The zero-order valence-corrected chi connectivity index (χ0v) is 19.1. The molecule has 0 bridgehead atoms. The van der Waals surface area contributed by atoms with Crippen molar-refractivity contribution in [1.82, 2.24) is 29.5 Å². The molecule has 5 aromatic rings. The molecule has 0 saturated carbocycles. The zero-order valence-electron chi connectivity index (χ0n) is 17.6. The molecule has 0 aliphatic carbocycles. The molecule has 0 amide bonds. The molecule has 10 heteroatoms. The van der Waals surface area contributed by atoms with Crippen LogP contribution in [0, 0.1) is 6.92 Å². The van der Waals surface area contributed by atoms with Crippen molar-refractivity contribution in [2.24, 2.45) is 0 Å². The van der Waals surface area contributed by atoms with Crippen LogP contribution in [0.2, 0.25) is 5.02 Å². The van der Waals surface area contributed by atoms with E-state index in [4.69, 9.17) is 16.6 Å². The molecule has 1 atom stereocenters. The fraction of sp³-hybridized carbons (Fsp3) is 0.174. The summed E-state index contributed by atoms with van der Waals surface area (Å²) in [6, 6.07) is 13.0. The van der Waals surface area contributed by atoms with Crippen LogP contribution in [0.25, 0.3) is 27.8 Å². The van der Waals surface area contributed by atoms with E-state index in [1.165, 1.54) is 6.33 Å². The van der Waals surface area contributed by atoms with Gasteiger partial charge in [-0.1, -0.05) is 35.9 Å². The Balaban J connectivity index is 1.63. The van der Waals surface area contributed by atoms with Crippen molar-refractivity contribution in [3.63, 3.8) is 0 Å². The van der Waals surface area contributed by atoms with Gasteiger partial charge in [0.05, 0.1) is 39.9 Å². The third kappa shape index (κ3) is 3.19. The normalized spacial score (nSPS) is 16.2. The molecule has 2 aromatic carbocycles. The standard InChI is InChI=1S/C23H18ClN7OS/c1-13-5-2-3-8-16(13)31-21(29-15-7-4-6-14(24)18(15)23(31)32)17-9-33-12-30(17)22-19-20(26-10-25-19)27-11-28-22/h2-8,10-11,17H,9,12H2,1H3,(H,25,26,27,28)/t17-/m0/s1. The van der Waals surface area contributed by atoms with Crippen molar-refractivity contribution in [2.75, 3.05) is 16.5 Å². The number of hydrogen-bond donors (Lipinski definition) is 1. The van der Waals surface area contributed by atoms with Gasteiger partial charge in [-0.2, -0.15) is 0 Å². The topological polar surface area (TPSA) is 92.6 Å². The summed E-state index contributed by atoms with van der Waals surface area (Å²) >= 11 is 8.22. The molecule has 0 spiro atoms. The van der Waals surface area contributed by atoms with Crippen molar-refractivity contribution in [1.29, 1.82) is 0 Å². The monoisotopic (exact) mass is 475 g/mol. The number of nitrogens with one attached hydrogen (secondary N) is 1. The van der Waals surface area contributed by atoms with Crippen LogP contribution in [0.1, 0.15) is 17.4 Å². The number of hydrogen-bond acceptors (Lipinski definition) is 7. The molecule has 4 heterocycles. The Morgan fingerprint density at radius 1 is 1.12 bits per heavy atom. The summed E-state index contributed by atoms with van der Waals surface area (Å²) < 4.78 is 1.71. The number of aromatic amines is 1. The lowest BCUT2D eigenvalue weighted by molar-refractivity contribution is 0.667. The molecule has 1 fully saturated rings. The van der Waals surface area contributed by atoms with Crippen LogP contribution in [0.5, 0.6) is 0 Å². The second kappa shape index (κ2) is 7.86. The molecule has 1 saturated heterocycles. The maximum absolute atomic E-state index is 13.9. The van der Waals surface area contributed by atoms with E-state index in [1.807, 2.05) is 43.3 Å². The second-order valence-electron chi connectivity index (χ2n) is 7.81. The minimum Gasteiger partial charge on any atom is -0.340 e. The van der Waals surface area contributed by atoms with Crippen molar-refractivity contribution in [3.05, 3.63) is 81.9 Å². The molecule has 164 valence electrons. The van der Waals surface area contributed by atoms with Crippen LogP contribution in [-0.4, -0.2) is 41.1 Å². The fourth-order valence-electron chi connectivity index (χ4n) is 4.31. The summed E-state index contributed by atoms with van der Waals surface area (Å²) in [6.07, 6.45) is 3.13. The largest absolute Gasteiger partial charge is 0.340 e. The number of anilines is 1. The predicted molar refractivity (Wildman–Crippen MR) is 131 cm³/mol. The van der Waals surface area contributed by atoms with Gasteiger partial charge in [0.2, 0.25) is 0 Å². The summed E-state index contributed by atoms with van der Waals surface area (Å²) in [5.41, 5.74) is 3.53. The highest BCUT2D eigenvalue weighted by Crippen LogP contribution is 2.38. The Bertz CT molecular complexity index is 1580. The minimum absolute atomic E-state index is 0.180. The maximum atomic E-state index is 13.9.